The number of hydrogen-bond donors (Lipinski definition) is 2. The second kappa shape index (κ2) is 3.82. The summed E-state index contributed by atoms with van der Waals surface area (Å²) < 4.78 is 0. The van der Waals surface area contributed by atoms with Gasteiger partial charge in [0.2, 0.25) is 5.91 Å². The topological polar surface area (TPSA) is 68.0 Å². The Hall–Kier alpha value is -1.42. The molecule has 1 aromatic rings. The molecule has 0 saturated carbocycles. The van der Waals surface area contributed by atoms with Gasteiger partial charge in [0.15, 0.2) is 0 Å². The van der Waals surface area contributed by atoms with E-state index in [9.17, 15) is 4.79 Å². The molecule has 0 aromatic carbocycles. The molecule has 1 aromatic heterocycles. The summed E-state index contributed by atoms with van der Waals surface area (Å²) in [5.41, 5.74) is 5.34. The highest BCUT2D eigenvalue weighted by Gasteiger charge is 2.06. The first-order chi connectivity index (χ1) is 5.70. The van der Waals surface area contributed by atoms with Crippen LogP contribution in [0.15, 0.2) is 24.4 Å². The molecule has 3 N–H and O–H groups in total. The van der Waals surface area contributed by atoms with Crippen molar-refractivity contribution in [2.24, 2.45) is 5.73 Å². The molecule has 0 aliphatic heterocycles. The van der Waals surface area contributed by atoms with Gasteiger partial charge in [-0.15, -0.1) is 0 Å². The van der Waals surface area contributed by atoms with Gasteiger partial charge >= 0.3 is 0 Å². The third-order valence-electron chi connectivity index (χ3n) is 1.33. The number of nitrogens with zero attached hydrogens (tertiary/aromatic N) is 1. The van der Waals surface area contributed by atoms with Crippen molar-refractivity contribution >= 4 is 11.7 Å². The van der Waals surface area contributed by atoms with E-state index in [4.69, 9.17) is 5.73 Å². The number of nitrogens with two attached hydrogens (primary N) is 1. The van der Waals surface area contributed by atoms with E-state index in [-0.39, 0.29) is 5.91 Å². The van der Waals surface area contributed by atoms with E-state index in [1.165, 1.54) is 0 Å². The molecule has 12 heavy (non-hydrogen) atoms. The van der Waals surface area contributed by atoms with Gasteiger partial charge in [-0.3, -0.25) is 4.79 Å². The SMILES string of the molecule is C[C@H](N)C(=O)Nc1ccccn1. The van der Waals surface area contributed by atoms with E-state index in [1.54, 1.807) is 31.3 Å². The largest absolute Gasteiger partial charge is 0.320 e. The molecular formula is C8H11N3O. The van der Waals surface area contributed by atoms with Crippen molar-refractivity contribution in [3.63, 3.8) is 0 Å². The molecule has 0 radical (unpaired) electrons. The lowest BCUT2D eigenvalue weighted by molar-refractivity contribution is -0.117. The van der Waals surface area contributed by atoms with E-state index in [2.05, 4.69) is 10.3 Å². The van der Waals surface area contributed by atoms with Crippen molar-refractivity contribution in [1.29, 1.82) is 0 Å². The number of carbonyl (C=O) groups is 1. The van der Waals surface area contributed by atoms with Crippen molar-refractivity contribution in [3.8, 4) is 0 Å². The molecule has 0 saturated heterocycles. The highest BCUT2D eigenvalue weighted by molar-refractivity contribution is 5.93. The van der Waals surface area contributed by atoms with Crippen LogP contribution < -0.4 is 11.1 Å². The van der Waals surface area contributed by atoms with Crippen molar-refractivity contribution in [3.05, 3.63) is 24.4 Å². The fourth-order valence-corrected chi connectivity index (χ4v) is 0.677. The van der Waals surface area contributed by atoms with Crippen LogP contribution in [0.25, 0.3) is 0 Å². The predicted octanol–water partition coefficient (Wildman–Crippen LogP) is 0.367. The third kappa shape index (κ3) is 2.32. The summed E-state index contributed by atoms with van der Waals surface area (Å²) in [6.07, 6.45) is 1.61. The number of anilines is 1. The van der Waals surface area contributed by atoms with Gasteiger partial charge in [-0.1, -0.05) is 6.07 Å². The highest BCUT2D eigenvalue weighted by atomic mass is 16.2. The number of hydrogen-bond acceptors (Lipinski definition) is 3. The van der Waals surface area contributed by atoms with Crippen molar-refractivity contribution in [2.45, 2.75) is 13.0 Å². The number of nitrogens with one attached hydrogen (secondary N) is 1. The minimum absolute atomic E-state index is 0.228. The van der Waals surface area contributed by atoms with E-state index in [0.717, 1.165) is 0 Å². The second-order valence-corrected chi connectivity index (χ2v) is 2.49. The summed E-state index contributed by atoms with van der Waals surface area (Å²) in [5, 5.41) is 2.57. The van der Waals surface area contributed by atoms with Gasteiger partial charge in [0.1, 0.15) is 5.82 Å². The maximum atomic E-state index is 11.0. The summed E-state index contributed by atoms with van der Waals surface area (Å²) >= 11 is 0. The van der Waals surface area contributed by atoms with Crippen molar-refractivity contribution in [2.75, 3.05) is 5.32 Å². The molecule has 1 atom stereocenters. The summed E-state index contributed by atoms with van der Waals surface area (Å²) in [7, 11) is 0. The van der Waals surface area contributed by atoms with Crippen LogP contribution in [0.4, 0.5) is 5.82 Å². The van der Waals surface area contributed by atoms with Crippen LogP contribution in [0, 0.1) is 0 Å². The molecule has 0 spiro atoms. The monoisotopic (exact) mass is 165 g/mol. The Morgan fingerprint density at radius 2 is 2.42 bits per heavy atom. The van der Waals surface area contributed by atoms with Crippen LogP contribution in [0.5, 0.6) is 0 Å². The van der Waals surface area contributed by atoms with Crippen LogP contribution in [-0.4, -0.2) is 16.9 Å². The maximum absolute atomic E-state index is 11.0. The maximum Gasteiger partial charge on any atom is 0.242 e. The lowest BCUT2D eigenvalue weighted by Crippen LogP contribution is -2.32. The Balaban J connectivity index is 2.59. The molecule has 0 fully saturated rings. The van der Waals surface area contributed by atoms with Gasteiger partial charge in [0, 0.05) is 6.20 Å². The summed E-state index contributed by atoms with van der Waals surface area (Å²) in [4.78, 5) is 14.9. The van der Waals surface area contributed by atoms with E-state index in [1.807, 2.05) is 0 Å². The molecule has 1 rings (SSSR count). The lowest BCUT2D eigenvalue weighted by atomic mass is 10.3. The fraction of sp³-hybridized carbons (Fsp3) is 0.250. The Labute approximate surface area is 70.8 Å². The number of aromatic nitrogens is 1. The van der Waals surface area contributed by atoms with E-state index < -0.39 is 6.04 Å². The van der Waals surface area contributed by atoms with Crippen molar-refractivity contribution < 1.29 is 4.79 Å². The zero-order valence-electron chi connectivity index (χ0n) is 6.82. The molecule has 1 amide bonds. The first-order valence-electron chi connectivity index (χ1n) is 3.67. The van der Waals surface area contributed by atoms with Crippen LogP contribution >= 0.6 is 0 Å². The van der Waals surface area contributed by atoms with Gasteiger partial charge in [-0.2, -0.15) is 0 Å². The number of rotatable bonds is 2. The molecule has 0 bridgehead atoms. The Bertz CT molecular complexity index is 258. The van der Waals surface area contributed by atoms with Crippen LogP contribution in [-0.2, 0) is 4.79 Å². The van der Waals surface area contributed by atoms with Crippen LogP contribution in [0.2, 0.25) is 0 Å². The molecule has 64 valence electrons. The van der Waals surface area contributed by atoms with Gasteiger partial charge in [0.05, 0.1) is 6.04 Å². The Kier molecular flexibility index (Phi) is 2.76. The minimum atomic E-state index is -0.507. The van der Waals surface area contributed by atoms with E-state index in [0.29, 0.717) is 5.82 Å². The van der Waals surface area contributed by atoms with Gasteiger partial charge in [-0.05, 0) is 19.1 Å². The second-order valence-electron chi connectivity index (χ2n) is 2.49. The van der Waals surface area contributed by atoms with Crippen LogP contribution in [0.1, 0.15) is 6.92 Å². The molecule has 4 heteroatoms. The fourth-order valence-electron chi connectivity index (χ4n) is 0.677. The van der Waals surface area contributed by atoms with Crippen molar-refractivity contribution in [1.82, 2.24) is 4.98 Å². The summed E-state index contributed by atoms with van der Waals surface area (Å²) in [6, 6.07) is 4.78. The number of pyridine rings is 1. The number of amides is 1. The molecule has 0 unspecified atom stereocenters. The van der Waals surface area contributed by atoms with Gasteiger partial charge in [0.25, 0.3) is 0 Å². The first kappa shape index (κ1) is 8.67. The van der Waals surface area contributed by atoms with E-state index >= 15 is 0 Å². The minimum Gasteiger partial charge on any atom is -0.320 e. The highest BCUT2D eigenvalue weighted by Crippen LogP contribution is 1.99. The summed E-state index contributed by atoms with van der Waals surface area (Å²) in [6.45, 7) is 1.62. The number of carbonyl (C=O) groups excluding carboxylic acids is 1. The molecule has 1 heterocycles. The Morgan fingerprint density at radius 3 is 2.92 bits per heavy atom. The Morgan fingerprint density at radius 1 is 1.67 bits per heavy atom. The quantitative estimate of drug-likeness (QED) is 0.665. The average Bonchev–Trinajstić information content (AvgIpc) is 2.06. The lowest BCUT2D eigenvalue weighted by Gasteiger charge is -2.05. The average molecular weight is 165 g/mol. The smallest absolute Gasteiger partial charge is 0.242 e. The zero-order chi connectivity index (χ0) is 8.97. The molecular weight excluding hydrogens is 154 g/mol. The first-order valence-corrected chi connectivity index (χ1v) is 3.67. The summed E-state index contributed by atoms with van der Waals surface area (Å²) in [5.74, 6) is 0.300. The molecule has 4 nitrogen and oxygen atoms in total. The predicted molar refractivity (Wildman–Crippen MR) is 46.5 cm³/mol. The molecule has 0 aliphatic carbocycles. The third-order valence-corrected chi connectivity index (χ3v) is 1.33. The normalized spacial score (nSPS) is 12.2. The zero-order valence-corrected chi connectivity index (χ0v) is 6.82. The standard InChI is InChI=1S/C8H11N3O/c1-6(9)8(12)11-7-4-2-3-5-10-7/h2-6H,9H2,1H3,(H,10,11,12)/t6-/m0/s1. The van der Waals surface area contributed by atoms with Gasteiger partial charge < -0.3 is 11.1 Å². The van der Waals surface area contributed by atoms with Crippen LogP contribution in [0.3, 0.4) is 0 Å². The molecule has 0 aliphatic rings. The van der Waals surface area contributed by atoms with Gasteiger partial charge in [-0.25, -0.2) is 4.98 Å².